The average Bonchev–Trinajstić information content (AvgIpc) is 2.78. The van der Waals surface area contributed by atoms with E-state index in [4.69, 9.17) is 0 Å². The Bertz CT molecular complexity index is 510. The number of nitrogens with zero attached hydrogens (tertiary/aromatic N) is 2. The van der Waals surface area contributed by atoms with E-state index in [0.717, 1.165) is 10.0 Å². The van der Waals surface area contributed by atoms with Gasteiger partial charge in [0.1, 0.15) is 6.33 Å². The minimum atomic E-state index is -0.316. The smallest absolute Gasteiger partial charge is 0.293 e. The van der Waals surface area contributed by atoms with Crippen LogP contribution in [0.1, 0.15) is 16.2 Å². The quantitative estimate of drug-likeness (QED) is 0.885. The van der Waals surface area contributed by atoms with Gasteiger partial charge in [0.15, 0.2) is 0 Å². The van der Waals surface area contributed by atoms with Crippen molar-refractivity contribution in [2.75, 3.05) is 5.32 Å². The molecule has 5 nitrogen and oxygen atoms in total. The Balaban J connectivity index is 2.22. The van der Waals surface area contributed by atoms with Crippen molar-refractivity contribution in [2.24, 2.45) is 0 Å². The van der Waals surface area contributed by atoms with Crippen LogP contribution in [0.2, 0.25) is 0 Å². The summed E-state index contributed by atoms with van der Waals surface area (Å²) in [6, 6.07) is 5.63. The molecule has 0 bridgehead atoms. The Hall–Kier alpha value is -1.69. The molecule has 1 aromatic heterocycles. The molecule has 0 spiro atoms. The number of benzene rings is 1. The maximum absolute atomic E-state index is 11.7. The van der Waals surface area contributed by atoms with Gasteiger partial charge < -0.3 is 5.32 Å². The van der Waals surface area contributed by atoms with E-state index in [9.17, 15) is 4.79 Å². The third-order valence-corrected chi connectivity index (χ3v) is 3.12. The van der Waals surface area contributed by atoms with E-state index in [1.807, 2.05) is 25.1 Å². The van der Waals surface area contributed by atoms with Gasteiger partial charge in [0.2, 0.25) is 5.82 Å². The molecular formula is C10H9BrN4O. The van der Waals surface area contributed by atoms with E-state index < -0.39 is 0 Å². The number of rotatable bonds is 2. The van der Waals surface area contributed by atoms with E-state index in [0.29, 0.717) is 5.69 Å². The second-order valence-electron chi connectivity index (χ2n) is 3.22. The molecule has 1 aromatic carbocycles. The van der Waals surface area contributed by atoms with Crippen molar-refractivity contribution in [2.45, 2.75) is 6.92 Å². The number of aromatic amines is 1. The minimum absolute atomic E-state index is 0.188. The molecule has 2 aromatic rings. The number of carbonyl (C=O) groups excluding carboxylic acids is 1. The van der Waals surface area contributed by atoms with E-state index in [-0.39, 0.29) is 11.7 Å². The van der Waals surface area contributed by atoms with Gasteiger partial charge in [0.05, 0.1) is 5.69 Å². The number of halogens is 1. The minimum Gasteiger partial charge on any atom is -0.318 e. The van der Waals surface area contributed by atoms with E-state index >= 15 is 0 Å². The van der Waals surface area contributed by atoms with Gasteiger partial charge >= 0.3 is 0 Å². The molecule has 0 aliphatic rings. The SMILES string of the molecule is Cc1cccc(NC(=O)c2ncn[nH]2)c1Br. The number of hydrogen-bond donors (Lipinski definition) is 2. The first-order valence-electron chi connectivity index (χ1n) is 4.60. The van der Waals surface area contributed by atoms with Crippen LogP contribution in [0.25, 0.3) is 0 Å². The van der Waals surface area contributed by atoms with Gasteiger partial charge in [-0.2, -0.15) is 5.10 Å². The second kappa shape index (κ2) is 4.44. The van der Waals surface area contributed by atoms with Crippen LogP contribution < -0.4 is 5.32 Å². The molecular weight excluding hydrogens is 272 g/mol. The highest BCUT2D eigenvalue weighted by Crippen LogP contribution is 2.25. The Morgan fingerprint density at radius 1 is 1.50 bits per heavy atom. The lowest BCUT2D eigenvalue weighted by Crippen LogP contribution is -2.14. The normalized spacial score (nSPS) is 10.1. The summed E-state index contributed by atoms with van der Waals surface area (Å²) >= 11 is 3.41. The van der Waals surface area contributed by atoms with Crippen LogP contribution in [0.3, 0.4) is 0 Å². The number of nitrogens with one attached hydrogen (secondary N) is 2. The van der Waals surface area contributed by atoms with E-state index in [1.165, 1.54) is 6.33 Å². The number of hydrogen-bond acceptors (Lipinski definition) is 3. The summed E-state index contributed by atoms with van der Waals surface area (Å²) in [5.41, 5.74) is 1.76. The Labute approximate surface area is 100 Å². The number of H-pyrrole nitrogens is 1. The van der Waals surface area contributed by atoms with Crippen molar-refractivity contribution in [3.05, 3.63) is 40.4 Å². The number of carbonyl (C=O) groups is 1. The van der Waals surface area contributed by atoms with Crippen LogP contribution in [0.5, 0.6) is 0 Å². The van der Waals surface area contributed by atoms with E-state index in [1.54, 1.807) is 0 Å². The van der Waals surface area contributed by atoms with Crippen LogP contribution in [0.4, 0.5) is 5.69 Å². The summed E-state index contributed by atoms with van der Waals surface area (Å²) in [6.07, 6.45) is 1.29. The van der Waals surface area contributed by atoms with Crippen LogP contribution >= 0.6 is 15.9 Å². The topological polar surface area (TPSA) is 70.7 Å². The molecule has 0 fully saturated rings. The molecule has 82 valence electrons. The molecule has 2 rings (SSSR count). The van der Waals surface area contributed by atoms with Crippen molar-refractivity contribution in [3.63, 3.8) is 0 Å². The second-order valence-corrected chi connectivity index (χ2v) is 4.02. The zero-order valence-electron chi connectivity index (χ0n) is 8.49. The van der Waals surface area contributed by atoms with Gasteiger partial charge in [-0.3, -0.25) is 9.89 Å². The molecule has 16 heavy (non-hydrogen) atoms. The Morgan fingerprint density at radius 2 is 2.31 bits per heavy atom. The third kappa shape index (κ3) is 2.11. The largest absolute Gasteiger partial charge is 0.318 e. The molecule has 0 atom stereocenters. The fourth-order valence-corrected chi connectivity index (χ4v) is 1.60. The molecule has 1 heterocycles. The van der Waals surface area contributed by atoms with Gasteiger partial charge in [-0.05, 0) is 34.5 Å². The zero-order chi connectivity index (χ0) is 11.5. The maximum atomic E-state index is 11.7. The molecule has 2 N–H and O–H groups in total. The molecule has 0 radical (unpaired) electrons. The first kappa shape index (κ1) is 10.8. The molecule has 6 heteroatoms. The highest BCUT2D eigenvalue weighted by Gasteiger charge is 2.11. The number of aromatic nitrogens is 3. The van der Waals surface area contributed by atoms with Gasteiger partial charge in [-0.1, -0.05) is 12.1 Å². The van der Waals surface area contributed by atoms with Crippen molar-refractivity contribution < 1.29 is 4.79 Å². The standard InChI is InChI=1S/C10H9BrN4O/c1-6-3-2-4-7(8(6)11)14-10(16)9-12-5-13-15-9/h2-5H,1H3,(H,14,16)(H,12,13,15). The van der Waals surface area contributed by atoms with Crippen molar-refractivity contribution in [1.82, 2.24) is 15.2 Å². The summed E-state index contributed by atoms with van der Waals surface area (Å²) in [6.45, 7) is 1.95. The Morgan fingerprint density at radius 3 is 3.00 bits per heavy atom. The summed E-state index contributed by atoms with van der Waals surface area (Å²) in [7, 11) is 0. The molecule has 0 aliphatic heterocycles. The lowest BCUT2D eigenvalue weighted by Gasteiger charge is -2.07. The summed E-state index contributed by atoms with van der Waals surface area (Å²) in [5.74, 6) is -0.128. The van der Waals surface area contributed by atoms with Gasteiger partial charge in [0, 0.05) is 4.47 Å². The fraction of sp³-hybridized carbons (Fsp3) is 0.100. The fourth-order valence-electron chi connectivity index (χ4n) is 1.24. The monoisotopic (exact) mass is 280 g/mol. The average molecular weight is 281 g/mol. The van der Waals surface area contributed by atoms with Gasteiger partial charge in [-0.15, -0.1) is 0 Å². The predicted octanol–water partition coefficient (Wildman–Crippen LogP) is 2.13. The van der Waals surface area contributed by atoms with Gasteiger partial charge in [-0.25, -0.2) is 4.98 Å². The van der Waals surface area contributed by atoms with Crippen LogP contribution in [-0.2, 0) is 0 Å². The molecule has 0 aliphatic carbocycles. The summed E-state index contributed by atoms with van der Waals surface area (Å²) in [5, 5.41) is 8.85. The lowest BCUT2D eigenvalue weighted by atomic mass is 10.2. The number of aryl methyl sites for hydroxylation is 1. The number of anilines is 1. The highest BCUT2D eigenvalue weighted by atomic mass is 79.9. The van der Waals surface area contributed by atoms with Crippen LogP contribution in [0, 0.1) is 6.92 Å². The first-order valence-corrected chi connectivity index (χ1v) is 5.39. The lowest BCUT2D eigenvalue weighted by molar-refractivity contribution is 0.101. The Kier molecular flexibility index (Phi) is 3.00. The van der Waals surface area contributed by atoms with Crippen LogP contribution in [0.15, 0.2) is 29.0 Å². The van der Waals surface area contributed by atoms with E-state index in [2.05, 4.69) is 36.4 Å². The maximum Gasteiger partial charge on any atom is 0.293 e. The summed E-state index contributed by atoms with van der Waals surface area (Å²) in [4.78, 5) is 15.4. The molecule has 0 saturated heterocycles. The first-order chi connectivity index (χ1) is 7.68. The third-order valence-electron chi connectivity index (χ3n) is 2.07. The van der Waals surface area contributed by atoms with Crippen LogP contribution in [-0.4, -0.2) is 21.1 Å². The predicted molar refractivity (Wildman–Crippen MR) is 63.2 cm³/mol. The molecule has 0 saturated carbocycles. The zero-order valence-corrected chi connectivity index (χ0v) is 10.1. The number of amides is 1. The van der Waals surface area contributed by atoms with Crippen molar-refractivity contribution in [1.29, 1.82) is 0 Å². The van der Waals surface area contributed by atoms with Gasteiger partial charge in [0.25, 0.3) is 5.91 Å². The van der Waals surface area contributed by atoms with Crippen molar-refractivity contribution in [3.8, 4) is 0 Å². The molecule has 1 amide bonds. The molecule has 0 unspecified atom stereocenters. The summed E-state index contributed by atoms with van der Waals surface area (Å²) < 4.78 is 0.864. The highest BCUT2D eigenvalue weighted by molar-refractivity contribution is 9.10. The van der Waals surface area contributed by atoms with Crippen molar-refractivity contribution >= 4 is 27.5 Å².